The standard InChI is InChI=1S/C19H27NO4/c1-23-14-11-19(18(21)22)10-6-13-20(15-19)12-5-8-16-7-3-4-9-17(16)24-2/h3-5,7-9H,6,10-15H2,1-2H3,(H,21,22)/b8-5+. The first kappa shape index (κ1) is 18.5. The molecule has 1 aliphatic rings. The van der Waals surface area contributed by atoms with E-state index < -0.39 is 11.4 Å². The molecule has 1 atom stereocenters. The zero-order valence-electron chi connectivity index (χ0n) is 14.5. The van der Waals surface area contributed by atoms with E-state index in [9.17, 15) is 9.90 Å². The minimum atomic E-state index is -0.710. The SMILES string of the molecule is COCCC1(C(=O)O)CCCN(C/C=C/c2ccccc2OC)C1. The van der Waals surface area contributed by atoms with Crippen molar-refractivity contribution in [3.8, 4) is 5.75 Å². The first-order chi connectivity index (χ1) is 11.6. The zero-order valence-corrected chi connectivity index (χ0v) is 14.5. The van der Waals surface area contributed by atoms with Gasteiger partial charge in [0.1, 0.15) is 5.75 Å². The van der Waals surface area contributed by atoms with E-state index in [0.717, 1.165) is 37.2 Å². The number of para-hydroxylation sites is 1. The van der Waals surface area contributed by atoms with Crippen LogP contribution in [0.5, 0.6) is 5.75 Å². The van der Waals surface area contributed by atoms with Crippen LogP contribution in [0, 0.1) is 5.41 Å². The molecule has 0 aliphatic carbocycles. The highest BCUT2D eigenvalue weighted by Gasteiger charge is 2.41. The molecule has 0 amide bonds. The smallest absolute Gasteiger partial charge is 0.311 e. The molecule has 1 aromatic carbocycles. The topological polar surface area (TPSA) is 59.0 Å². The number of carboxylic acid groups (broad SMARTS) is 1. The van der Waals surface area contributed by atoms with E-state index in [0.29, 0.717) is 19.6 Å². The number of nitrogens with zero attached hydrogens (tertiary/aromatic N) is 1. The number of rotatable bonds is 8. The second-order valence-electron chi connectivity index (χ2n) is 6.31. The van der Waals surface area contributed by atoms with Crippen molar-refractivity contribution in [2.45, 2.75) is 19.3 Å². The van der Waals surface area contributed by atoms with Crippen molar-refractivity contribution in [1.82, 2.24) is 4.90 Å². The van der Waals surface area contributed by atoms with Crippen LogP contribution in [0.25, 0.3) is 6.08 Å². The van der Waals surface area contributed by atoms with Crippen LogP contribution in [0.1, 0.15) is 24.8 Å². The molecule has 24 heavy (non-hydrogen) atoms. The summed E-state index contributed by atoms with van der Waals surface area (Å²) in [5, 5.41) is 9.69. The molecule has 1 heterocycles. The number of hydrogen-bond acceptors (Lipinski definition) is 4. The third-order valence-electron chi connectivity index (χ3n) is 4.69. The highest BCUT2D eigenvalue weighted by atomic mass is 16.5. The van der Waals surface area contributed by atoms with Crippen LogP contribution in [0.15, 0.2) is 30.3 Å². The lowest BCUT2D eigenvalue weighted by Crippen LogP contribution is -2.48. The molecule has 1 saturated heterocycles. The molecule has 5 nitrogen and oxygen atoms in total. The molecule has 1 aromatic rings. The predicted octanol–water partition coefficient (Wildman–Crippen LogP) is 2.91. The minimum absolute atomic E-state index is 0.483. The molecule has 1 fully saturated rings. The highest BCUT2D eigenvalue weighted by Crippen LogP contribution is 2.34. The van der Waals surface area contributed by atoms with E-state index in [1.165, 1.54) is 0 Å². The number of hydrogen-bond donors (Lipinski definition) is 1. The van der Waals surface area contributed by atoms with E-state index >= 15 is 0 Å². The molecule has 1 unspecified atom stereocenters. The summed E-state index contributed by atoms with van der Waals surface area (Å²) in [5.41, 5.74) is 0.341. The molecule has 0 radical (unpaired) electrons. The maximum Gasteiger partial charge on any atom is 0.311 e. The van der Waals surface area contributed by atoms with Crippen LogP contribution < -0.4 is 4.74 Å². The quantitative estimate of drug-likeness (QED) is 0.793. The van der Waals surface area contributed by atoms with Gasteiger partial charge >= 0.3 is 5.97 Å². The summed E-state index contributed by atoms with van der Waals surface area (Å²) in [6.07, 6.45) is 6.29. The Kier molecular flexibility index (Phi) is 6.82. The predicted molar refractivity (Wildman–Crippen MR) is 94.3 cm³/mol. The Balaban J connectivity index is 1.99. The van der Waals surface area contributed by atoms with Crippen molar-refractivity contribution in [2.24, 2.45) is 5.41 Å². The van der Waals surface area contributed by atoms with Crippen LogP contribution in [0.3, 0.4) is 0 Å². The monoisotopic (exact) mass is 333 g/mol. The average Bonchev–Trinajstić information content (AvgIpc) is 2.60. The Bertz CT molecular complexity index is 572. The number of ether oxygens (including phenoxy) is 2. The summed E-state index contributed by atoms with van der Waals surface area (Å²) in [6, 6.07) is 7.85. The van der Waals surface area contributed by atoms with Gasteiger partial charge in [-0.1, -0.05) is 30.4 Å². The molecule has 0 aromatic heterocycles. The fourth-order valence-electron chi connectivity index (χ4n) is 3.30. The Hall–Kier alpha value is -1.85. The molecule has 0 saturated carbocycles. The Morgan fingerprint density at radius 2 is 2.17 bits per heavy atom. The second-order valence-corrected chi connectivity index (χ2v) is 6.31. The third-order valence-corrected chi connectivity index (χ3v) is 4.69. The van der Waals surface area contributed by atoms with Crippen LogP contribution >= 0.6 is 0 Å². The van der Waals surface area contributed by atoms with Gasteiger partial charge in [-0.15, -0.1) is 0 Å². The van der Waals surface area contributed by atoms with E-state index in [1.807, 2.05) is 30.3 Å². The molecule has 132 valence electrons. The summed E-state index contributed by atoms with van der Waals surface area (Å²) < 4.78 is 10.5. The first-order valence-electron chi connectivity index (χ1n) is 8.35. The number of benzene rings is 1. The third kappa shape index (κ3) is 4.58. The van der Waals surface area contributed by atoms with Gasteiger partial charge < -0.3 is 14.6 Å². The normalized spacial score (nSPS) is 21.9. The number of likely N-dealkylation sites (tertiary alicyclic amines) is 1. The lowest BCUT2D eigenvalue weighted by molar-refractivity contribution is -0.154. The molecule has 0 spiro atoms. The van der Waals surface area contributed by atoms with Gasteiger partial charge in [-0.3, -0.25) is 9.69 Å². The molecule has 2 rings (SSSR count). The largest absolute Gasteiger partial charge is 0.496 e. The summed E-state index contributed by atoms with van der Waals surface area (Å²) in [5.74, 6) is 0.130. The van der Waals surface area contributed by atoms with Crippen molar-refractivity contribution < 1.29 is 19.4 Å². The average molecular weight is 333 g/mol. The minimum Gasteiger partial charge on any atom is -0.496 e. The Morgan fingerprint density at radius 3 is 2.88 bits per heavy atom. The molecule has 1 N–H and O–H groups in total. The van der Waals surface area contributed by atoms with Gasteiger partial charge in [-0.05, 0) is 31.9 Å². The molecule has 5 heteroatoms. The lowest BCUT2D eigenvalue weighted by Gasteiger charge is -2.39. The number of carbonyl (C=O) groups is 1. The van der Waals surface area contributed by atoms with Gasteiger partial charge in [0, 0.05) is 32.4 Å². The molecule has 1 aliphatic heterocycles. The van der Waals surface area contributed by atoms with Gasteiger partial charge in [0.25, 0.3) is 0 Å². The fourth-order valence-corrected chi connectivity index (χ4v) is 3.30. The summed E-state index contributed by atoms with van der Waals surface area (Å²) in [7, 11) is 3.28. The van der Waals surface area contributed by atoms with Crippen molar-refractivity contribution in [3.05, 3.63) is 35.9 Å². The maximum atomic E-state index is 11.8. The summed E-state index contributed by atoms with van der Waals surface area (Å²) >= 11 is 0. The summed E-state index contributed by atoms with van der Waals surface area (Å²) in [4.78, 5) is 14.0. The number of methoxy groups -OCH3 is 2. The van der Waals surface area contributed by atoms with E-state index in [2.05, 4.69) is 11.0 Å². The fraction of sp³-hybridized carbons (Fsp3) is 0.526. The van der Waals surface area contributed by atoms with Crippen LogP contribution in [0.4, 0.5) is 0 Å². The van der Waals surface area contributed by atoms with Crippen molar-refractivity contribution in [1.29, 1.82) is 0 Å². The van der Waals surface area contributed by atoms with Gasteiger partial charge in [0.15, 0.2) is 0 Å². The van der Waals surface area contributed by atoms with Crippen molar-refractivity contribution in [2.75, 3.05) is 40.5 Å². The highest BCUT2D eigenvalue weighted by molar-refractivity contribution is 5.75. The Labute approximate surface area is 143 Å². The van der Waals surface area contributed by atoms with E-state index in [-0.39, 0.29) is 0 Å². The van der Waals surface area contributed by atoms with E-state index in [1.54, 1.807) is 14.2 Å². The van der Waals surface area contributed by atoms with Crippen LogP contribution in [-0.2, 0) is 9.53 Å². The number of aliphatic carboxylic acids is 1. The summed E-state index contributed by atoms with van der Waals surface area (Å²) in [6.45, 7) is 2.72. The second kappa shape index (κ2) is 8.85. The molecular formula is C19H27NO4. The van der Waals surface area contributed by atoms with Gasteiger partial charge in [-0.25, -0.2) is 0 Å². The first-order valence-corrected chi connectivity index (χ1v) is 8.35. The van der Waals surface area contributed by atoms with Crippen molar-refractivity contribution in [3.63, 3.8) is 0 Å². The van der Waals surface area contributed by atoms with E-state index in [4.69, 9.17) is 9.47 Å². The number of piperidine rings is 1. The Morgan fingerprint density at radius 1 is 1.38 bits per heavy atom. The lowest BCUT2D eigenvalue weighted by atomic mass is 9.77. The molecular weight excluding hydrogens is 306 g/mol. The van der Waals surface area contributed by atoms with Crippen LogP contribution in [0.2, 0.25) is 0 Å². The maximum absolute atomic E-state index is 11.8. The van der Waals surface area contributed by atoms with Crippen LogP contribution in [-0.4, -0.2) is 56.4 Å². The van der Waals surface area contributed by atoms with Gasteiger partial charge in [0.05, 0.1) is 12.5 Å². The molecule has 0 bridgehead atoms. The zero-order chi connectivity index (χ0) is 17.4. The van der Waals surface area contributed by atoms with Crippen molar-refractivity contribution >= 4 is 12.0 Å². The van der Waals surface area contributed by atoms with Gasteiger partial charge in [-0.2, -0.15) is 0 Å². The van der Waals surface area contributed by atoms with Gasteiger partial charge in [0.2, 0.25) is 0 Å². The number of carboxylic acids is 1.